The minimum Gasteiger partial charge on any atom is -0.495 e. The van der Waals surface area contributed by atoms with E-state index in [9.17, 15) is 9.18 Å². The number of carbonyl (C=O) groups excluding carboxylic acids is 1. The molecule has 3 aromatic rings. The molecule has 5 nitrogen and oxygen atoms in total. The van der Waals surface area contributed by atoms with E-state index < -0.39 is 0 Å². The van der Waals surface area contributed by atoms with E-state index in [-0.39, 0.29) is 18.1 Å². The van der Waals surface area contributed by atoms with Gasteiger partial charge in [0.2, 0.25) is 5.91 Å². The number of carbonyl (C=O) groups is 1. The van der Waals surface area contributed by atoms with Gasteiger partial charge < -0.3 is 15.4 Å². The number of methoxy groups -OCH3 is 1. The van der Waals surface area contributed by atoms with Crippen molar-refractivity contribution in [3.63, 3.8) is 0 Å². The largest absolute Gasteiger partial charge is 0.495 e. The van der Waals surface area contributed by atoms with Crippen LogP contribution in [0, 0.1) is 5.82 Å². The van der Waals surface area contributed by atoms with Gasteiger partial charge in [-0.25, -0.2) is 9.37 Å². The Labute approximate surface area is 161 Å². The highest BCUT2D eigenvalue weighted by molar-refractivity contribution is 6.32. The first-order valence-electron chi connectivity index (χ1n) is 8.14. The zero-order valence-corrected chi connectivity index (χ0v) is 15.3. The van der Waals surface area contributed by atoms with Crippen LogP contribution in [0.1, 0.15) is 5.56 Å². The lowest BCUT2D eigenvalue weighted by molar-refractivity contribution is -0.115. The molecule has 0 saturated heterocycles. The molecule has 0 radical (unpaired) electrons. The summed E-state index contributed by atoms with van der Waals surface area (Å²) in [6, 6.07) is 14.6. The molecule has 0 aliphatic rings. The highest BCUT2D eigenvalue weighted by Crippen LogP contribution is 2.28. The first kappa shape index (κ1) is 18.7. The van der Waals surface area contributed by atoms with Crippen LogP contribution in [-0.4, -0.2) is 18.0 Å². The Balaban J connectivity index is 1.59. The second-order valence-electron chi connectivity index (χ2n) is 5.76. The van der Waals surface area contributed by atoms with Crippen LogP contribution in [-0.2, 0) is 11.2 Å². The number of pyridine rings is 1. The van der Waals surface area contributed by atoms with Crippen molar-refractivity contribution < 1.29 is 13.9 Å². The minimum atomic E-state index is -0.331. The molecule has 2 aromatic carbocycles. The standard InChI is InChI=1S/C20H17ClFN3O2/c1-27-18-8-6-15(11-17(18)21)24-16-7-9-19(23-12-16)25-20(26)10-13-2-4-14(22)5-3-13/h2-9,11-12,24H,10H2,1H3,(H,23,25,26). The van der Waals surface area contributed by atoms with Crippen LogP contribution in [0.4, 0.5) is 21.6 Å². The maximum Gasteiger partial charge on any atom is 0.229 e. The van der Waals surface area contributed by atoms with Crippen LogP contribution in [0.3, 0.4) is 0 Å². The van der Waals surface area contributed by atoms with E-state index in [0.29, 0.717) is 16.6 Å². The predicted molar refractivity (Wildman–Crippen MR) is 104 cm³/mol. The molecule has 7 heteroatoms. The SMILES string of the molecule is COc1ccc(Nc2ccc(NC(=O)Cc3ccc(F)cc3)nc2)cc1Cl. The number of rotatable bonds is 6. The van der Waals surface area contributed by atoms with Gasteiger partial charge in [0.15, 0.2) is 0 Å². The van der Waals surface area contributed by atoms with Crippen molar-refractivity contribution in [2.75, 3.05) is 17.7 Å². The van der Waals surface area contributed by atoms with E-state index >= 15 is 0 Å². The highest BCUT2D eigenvalue weighted by Gasteiger charge is 2.06. The molecular formula is C20H17ClFN3O2. The zero-order chi connectivity index (χ0) is 19.2. The maximum atomic E-state index is 12.9. The Hall–Kier alpha value is -3.12. The Morgan fingerprint density at radius 2 is 1.85 bits per heavy atom. The molecule has 1 aromatic heterocycles. The van der Waals surface area contributed by atoms with Gasteiger partial charge in [-0.2, -0.15) is 0 Å². The Morgan fingerprint density at radius 3 is 2.48 bits per heavy atom. The number of aromatic nitrogens is 1. The van der Waals surface area contributed by atoms with E-state index in [1.54, 1.807) is 49.7 Å². The number of halogens is 2. The molecule has 2 N–H and O–H groups in total. The summed E-state index contributed by atoms with van der Waals surface area (Å²) >= 11 is 6.10. The Kier molecular flexibility index (Phi) is 5.88. The lowest BCUT2D eigenvalue weighted by Crippen LogP contribution is -2.15. The number of hydrogen-bond donors (Lipinski definition) is 2. The van der Waals surface area contributed by atoms with Crippen LogP contribution in [0.5, 0.6) is 5.75 Å². The summed E-state index contributed by atoms with van der Waals surface area (Å²) in [5.41, 5.74) is 2.26. The van der Waals surface area contributed by atoms with Gasteiger partial charge in [-0.1, -0.05) is 23.7 Å². The first-order valence-corrected chi connectivity index (χ1v) is 8.52. The van der Waals surface area contributed by atoms with Gasteiger partial charge in [-0.05, 0) is 48.0 Å². The van der Waals surface area contributed by atoms with Crippen molar-refractivity contribution in [3.8, 4) is 5.75 Å². The van der Waals surface area contributed by atoms with Crippen molar-refractivity contribution in [3.05, 3.63) is 77.2 Å². The van der Waals surface area contributed by atoms with Gasteiger partial charge in [0.1, 0.15) is 17.4 Å². The first-order chi connectivity index (χ1) is 13.0. The van der Waals surface area contributed by atoms with E-state index in [0.717, 1.165) is 16.9 Å². The van der Waals surface area contributed by atoms with Gasteiger partial charge in [0.05, 0.1) is 30.4 Å². The van der Waals surface area contributed by atoms with Crippen molar-refractivity contribution in [2.45, 2.75) is 6.42 Å². The third kappa shape index (κ3) is 5.18. The third-order valence-electron chi connectivity index (χ3n) is 3.75. The van der Waals surface area contributed by atoms with E-state index in [1.807, 2.05) is 6.07 Å². The molecule has 3 rings (SSSR count). The molecule has 0 atom stereocenters. The van der Waals surface area contributed by atoms with Crippen LogP contribution < -0.4 is 15.4 Å². The fourth-order valence-corrected chi connectivity index (χ4v) is 2.68. The van der Waals surface area contributed by atoms with Crippen molar-refractivity contribution in [1.29, 1.82) is 0 Å². The fraction of sp³-hybridized carbons (Fsp3) is 0.100. The smallest absolute Gasteiger partial charge is 0.229 e. The topological polar surface area (TPSA) is 63.2 Å². The molecule has 1 heterocycles. The summed E-state index contributed by atoms with van der Waals surface area (Å²) in [7, 11) is 1.56. The van der Waals surface area contributed by atoms with Gasteiger partial charge in [-0.15, -0.1) is 0 Å². The summed E-state index contributed by atoms with van der Waals surface area (Å²) in [6.07, 6.45) is 1.75. The van der Waals surface area contributed by atoms with Gasteiger partial charge >= 0.3 is 0 Å². The van der Waals surface area contributed by atoms with Crippen LogP contribution in [0.2, 0.25) is 5.02 Å². The number of amides is 1. The number of hydrogen-bond acceptors (Lipinski definition) is 4. The quantitative estimate of drug-likeness (QED) is 0.639. The highest BCUT2D eigenvalue weighted by atomic mass is 35.5. The van der Waals surface area contributed by atoms with Gasteiger partial charge in [0, 0.05) is 5.69 Å². The fourth-order valence-electron chi connectivity index (χ4n) is 2.43. The zero-order valence-electron chi connectivity index (χ0n) is 14.5. The molecule has 1 amide bonds. The van der Waals surface area contributed by atoms with Crippen LogP contribution >= 0.6 is 11.6 Å². The lowest BCUT2D eigenvalue weighted by Gasteiger charge is -2.10. The molecule has 138 valence electrons. The van der Waals surface area contributed by atoms with Crippen molar-refractivity contribution in [2.24, 2.45) is 0 Å². The minimum absolute atomic E-state index is 0.145. The molecule has 0 saturated carbocycles. The van der Waals surface area contributed by atoms with Gasteiger partial charge in [-0.3, -0.25) is 4.79 Å². The Bertz CT molecular complexity index is 931. The molecule has 0 bridgehead atoms. The number of anilines is 3. The molecule has 0 fully saturated rings. The summed E-state index contributed by atoms with van der Waals surface area (Å²) < 4.78 is 18.0. The summed E-state index contributed by atoms with van der Waals surface area (Å²) in [6.45, 7) is 0. The monoisotopic (exact) mass is 385 g/mol. The van der Waals surface area contributed by atoms with Crippen molar-refractivity contribution in [1.82, 2.24) is 4.98 Å². The number of nitrogens with one attached hydrogen (secondary N) is 2. The Morgan fingerprint density at radius 1 is 1.11 bits per heavy atom. The molecular weight excluding hydrogens is 369 g/mol. The second kappa shape index (κ2) is 8.51. The summed E-state index contributed by atoms with van der Waals surface area (Å²) in [5, 5.41) is 6.38. The van der Waals surface area contributed by atoms with Crippen LogP contribution in [0.15, 0.2) is 60.8 Å². The third-order valence-corrected chi connectivity index (χ3v) is 4.04. The predicted octanol–water partition coefficient (Wildman–Crippen LogP) is 4.81. The maximum absolute atomic E-state index is 12.9. The number of benzene rings is 2. The second-order valence-corrected chi connectivity index (χ2v) is 6.17. The average Bonchev–Trinajstić information content (AvgIpc) is 2.65. The van der Waals surface area contributed by atoms with Crippen LogP contribution in [0.25, 0.3) is 0 Å². The summed E-state index contributed by atoms with van der Waals surface area (Å²) in [5.74, 6) is 0.471. The molecule has 0 aliphatic heterocycles. The number of ether oxygens (including phenoxy) is 1. The number of nitrogens with zero attached hydrogens (tertiary/aromatic N) is 1. The van der Waals surface area contributed by atoms with E-state index in [1.165, 1.54) is 12.1 Å². The molecule has 0 unspecified atom stereocenters. The van der Waals surface area contributed by atoms with Gasteiger partial charge in [0.25, 0.3) is 0 Å². The summed E-state index contributed by atoms with van der Waals surface area (Å²) in [4.78, 5) is 16.3. The van der Waals surface area contributed by atoms with E-state index in [4.69, 9.17) is 16.3 Å². The molecule has 0 aliphatic carbocycles. The van der Waals surface area contributed by atoms with E-state index in [2.05, 4.69) is 15.6 Å². The molecule has 27 heavy (non-hydrogen) atoms. The molecule has 0 spiro atoms. The van der Waals surface area contributed by atoms with Crippen molar-refractivity contribution >= 4 is 34.7 Å². The average molecular weight is 386 g/mol. The normalized spacial score (nSPS) is 10.3. The lowest BCUT2D eigenvalue weighted by atomic mass is 10.1.